The van der Waals surface area contributed by atoms with Gasteiger partial charge in [0.2, 0.25) is 0 Å². The highest BCUT2D eigenvalue weighted by Gasteiger charge is 2.57. The van der Waals surface area contributed by atoms with Crippen LogP contribution in [0.3, 0.4) is 0 Å². The predicted molar refractivity (Wildman–Crippen MR) is 96.8 cm³/mol. The van der Waals surface area contributed by atoms with Crippen LogP contribution in [0.5, 0.6) is 0 Å². The standard InChI is InChI=1S/C20H24O4S/c1-20(2)17(14-25(22,23)16-11-7-4-8-12-16)18(21)19(20)24-13-15-9-5-3-6-10-15/h3-12,17-19,21H,13-14H2,1-2H3/t17-,18-,19+/m0/s1. The van der Waals surface area contributed by atoms with Gasteiger partial charge in [-0.05, 0) is 23.1 Å². The predicted octanol–water partition coefficient (Wildman–Crippen LogP) is 3.06. The average Bonchev–Trinajstić information content (AvgIpc) is 2.61. The van der Waals surface area contributed by atoms with Gasteiger partial charge < -0.3 is 9.84 Å². The third kappa shape index (κ3) is 3.64. The number of aliphatic hydroxyl groups excluding tert-OH is 1. The molecule has 1 fully saturated rings. The Morgan fingerprint density at radius 3 is 2.12 bits per heavy atom. The molecular weight excluding hydrogens is 336 g/mol. The Balaban J connectivity index is 1.67. The maximum Gasteiger partial charge on any atom is 0.178 e. The molecule has 1 saturated carbocycles. The molecule has 0 radical (unpaired) electrons. The van der Waals surface area contributed by atoms with Gasteiger partial charge in [-0.1, -0.05) is 62.4 Å². The van der Waals surface area contributed by atoms with Crippen LogP contribution in [0, 0.1) is 11.3 Å². The lowest BCUT2D eigenvalue weighted by atomic mass is 9.58. The van der Waals surface area contributed by atoms with E-state index in [2.05, 4.69) is 0 Å². The zero-order valence-electron chi connectivity index (χ0n) is 14.5. The van der Waals surface area contributed by atoms with Crippen LogP contribution in [0.1, 0.15) is 19.4 Å². The maximum absolute atomic E-state index is 12.6. The maximum atomic E-state index is 12.6. The van der Waals surface area contributed by atoms with E-state index in [0.717, 1.165) is 5.56 Å². The molecule has 0 amide bonds. The third-order valence-electron chi connectivity index (χ3n) is 5.19. The monoisotopic (exact) mass is 360 g/mol. The normalized spacial score (nSPS) is 25.3. The Morgan fingerprint density at radius 2 is 1.56 bits per heavy atom. The molecule has 0 bridgehead atoms. The second kappa shape index (κ2) is 6.90. The minimum atomic E-state index is -3.43. The quantitative estimate of drug-likeness (QED) is 0.860. The van der Waals surface area contributed by atoms with Gasteiger partial charge in [0.05, 0.1) is 29.5 Å². The van der Waals surface area contributed by atoms with Crippen LogP contribution in [0.25, 0.3) is 0 Å². The molecule has 0 unspecified atom stereocenters. The van der Waals surface area contributed by atoms with Gasteiger partial charge in [0.1, 0.15) is 0 Å². The molecule has 0 aliphatic heterocycles. The van der Waals surface area contributed by atoms with Gasteiger partial charge in [-0.15, -0.1) is 0 Å². The van der Waals surface area contributed by atoms with Crippen molar-refractivity contribution in [2.45, 2.75) is 37.6 Å². The van der Waals surface area contributed by atoms with E-state index in [1.807, 2.05) is 44.2 Å². The Bertz CT molecular complexity index is 800. The summed E-state index contributed by atoms with van der Waals surface area (Å²) in [7, 11) is -3.43. The van der Waals surface area contributed by atoms with Gasteiger partial charge in [0.25, 0.3) is 0 Å². The van der Waals surface area contributed by atoms with E-state index in [0.29, 0.717) is 11.5 Å². The summed E-state index contributed by atoms with van der Waals surface area (Å²) in [5.41, 5.74) is 0.627. The highest BCUT2D eigenvalue weighted by Crippen LogP contribution is 2.49. The Hall–Kier alpha value is -1.69. The smallest absolute Gasteiger partial charge is 0.178 e. The molecule has 134 valence electrons. The van der Waals surface area contributed by atoms with Crippen LogP contribution in [-0.2, 0) is 21.2 Å². The molecular formula is C20H24O4S. The van der Waals surface area contributed by atoms with Crippen LogP contribution >= 0.6 is 0 Å². The van der Waals surface area contributed by atoms with E-state index < -0.39 is 21.4 Å². The SMILES string of the molecule is CC1(C)[C@H](OCc2ccccc2)[C@@H](O)[C@@H]1CS(=O)(=O)c1ccccc1. The molecule has 1 aliphatic carbocycles. The minimum absolute atomic E-state index is 0.0730. The first-order chi connectivity index (χ1) is 11.8. The molecule has 3 rings (SSSR count). The molecule has 0 saturated heterocycles. The molecule has 0 heterocycles. The fourth-order valence-electron chi connectivity index (χ4n) is 3.53. The van der Waals surface area contributed by atoms with Crippen LogP contribution in [0.15, 0.2) is 65.6 Å². The number of sulfone groups is 1. The molecule has 5 heteroatoms. The first kappa shape index (κ1) is 18.1. The van der Waals surface area contributed by atoms with Crippen molar-refractivity contribution >= 4 is 9.84 Å². The van der Waals surface area contributed by atoms with Crippen LogP contribution in [0.4, 0.5) is 0 Å². The van der Waals surface area contributed by atoms with Gasteiger partial charge in [-0.25, -0.2) is 8.42 Å². The fourth-order valence-corrected chi connectivity index (χ4v) is 5.39. The van der Waals surface area contributed by atoms with Crippen molar-refractivity contribution in [2.24, 2.45) is 11.3 Å². The first-order valence-corrected chi connectivity index (χ1v) is 10.1. The van der Waals surface area contributed by atoms with Crippen molar-refractivity contribution in [3.05, 3.63) is 66.2 Å². The number of aliphatic hydroxyl groups is 1. The topological polar surface area (TPSA) is 63.6 Å². The summed E-state index contributed by atoms with van der Waals surface area (Å²) in [4.78, 5) is 0.298. The molecule has 2 aromatic rings. The van der Waals surface area contributed by atoms with Crippen molar-refractivity contribution in [1.29, 1.82) is 0 Å². The fraction of sp³-hybridized carbons (Fsp3) is 0.400. The van der Waals surface area contributed by atoms with E-state index in [1.165, 1.54) is 0 Å². The van der Waals surface area contributed by atoms with Gasteiger partial charge >= 0.3 is 0 Å². The van der Waals surface area contributed by atoms with E-state index in [-0.39, 0.29) is 17.8 Å². The van der Waals surface area contributed by atoms with Gasteiger partial charge in [0.15, 0.2) is 9.84 Å². The molecule has 4 nitrogen and oxygen atoms in total. The van der Waals surface area contributed by atoms with Crippen LogP contribution < -0.4 is 0 Å². The summed E-state index contributed by atoms with van der Waals surface area (Å²) in [5, 5.41) is 10.5. The molecule has 0 aromatic heterocycles. The van der Waals surface area contributed by atoms with Crippen molar-refractivity contribution in [1.82, 2.24) is 0 Å². The van der Waals surface area contributed by atoms with Gasteiger partial charge in [0, 0.05) is 5.92 Å². The number of hydrogen-bond acceptors (Lipinski definition) is 4. The molecule has 25 heavy (non-hydrogen) atoms. The summed E-state index contributed by atoms with van der Waals surface area (Å²) in [6.45, 7) is 4.32. The molecule has 3 atom stereocenters. The van der Waals surface area contributed by atoms with Crippen molar-refractivity contribution < 1.29 is 18.3 Å². The summed E-state index contributed by atoms with van der Waals surface area (Å²) < 4.78 is 31.1. The van der Waals surface area contributed by atoms with E-state index >= 15 is 0 Å². The highest BCUT2D eigenvalue weighted by atomic mass is 32.2. The van der Waals surface area contributed by atoms with Crippen LogP contribution in [-0.4, -0.2) is 31.5 Å². The van der Waals surface area contributed by atoms with Gasteiger partial charge in [-0.2, -0.15) is 0 Å². The van der Waals surface area contributed by atoms with Gasteiger partial charge in [-0.3, -0.25) is 0 Å². The van der Waals surface area contributed by atoms with E-state index in [1.54, 1.807) is 30.3 Å². The molecule has 0 spiro atoms. The lowest BCUT2D eigenvalue weighted by molar-refractivity contribution is -0.222. The second-order valence-corrected chi connectivity index (χ2v) is 9.26. The highest BCUT2D eigenvalue weighted by molar-refractivity contribution is 7.91. The summed E-state index contributed by atoms with van der Waals surface area (Å²) in [6, 6.07) is 18.2. The summed E-state index contributed by atoms with van der Waals surface area (Å²) in [6.07, 6.45) is -1.15. The number of rotatable bonds is 6. The van der Waals surface area contributed by atoms with Crippen LogP contribution in [0.2, 0.25) is 0 Å². The third-order valence-corrected chi connectivity index (χ3v) is 6.97. The lowest BCUT2D eigenvalue weighted by Crippen LogP contribution is -2.64. The van der Waals surface area contributed by atoms with Crippen molar-refractivity contribution in [3.63, 3.8) is 0 Å². The number of hydrogen-bond donors (Lipinski definition) is 1. The zero-order valence-corrected chi connectivity index (χ0v) is 15.3. The number of benzene rings is 2. The summed E-state index contributed by atoms with van der Waals surface area (Å²) in [5.74, 6) is -0.422. The Kier molecular flexibility index (Phi) is 5.00. The second-order valence-electron chi connectivity index (χ2n) is 7.23. The summed E-state index contributed by atoms with van der Waals surface area (Å²) >= 11 is 0. The minimum Gasteiger partial charge on any atom is -0.390 e. The van der Waals surface area contributed by atoms with E-state index in [9.17, 15) is 13.5 Å². The Morgan fingerprint density at radius 1 is 1.00 bits per heavy atom. The molecule has 1 aliphatic rings. The first-order valence-electron chi connectivity index (χ1n) is 8.44. The van der Waals surface area contributed by atoms with Crippen molar-refractivity contribution in [3.8, 4) is 0 Å². The Labute approximate surface area is 149 Å². The number of ether oxygens (including phenoxy) is 1. The molecule has 2 aromatic carbocycles. The van der Waals surface area contributed by atoms with Crippen molar-refractivity contribution in [2.75, 3.05) is 5.75 Å². The largest absolute Gasteiger partial charge is 0.390 e. The van der Waals surface area contributed by atoms with E-state index in [4.69, 9.17) is 4.74 Å². The average molecular weight is 360 g/mol. The lowest BCUT2D eigenvalue weighted by Gasteiger charge is -2.55. The zero-order chi connectivity index (χ0) is 18.1. The molecule has 1 N–H and O–H groups in total.